The molecule has 0 aromatic heterocycles. The first-order valence-corrected chi connectivity index (χ1v) is 5.30. The Labute approximate surface area is 103 Å². The minimum atomic E-state index is 0. The number of rotatable bonds is 3. The lowest BCUT2D eigenvalue weighted by Crippen LogP contribution is -2.12. The maximum absolute atomic E-state index is 5.28. The number of hydrogen-bond donors (Lipinski definition) is 1. The second-order valence-electron chi connectivity index (χ2n) is 3.76. The highest BCUT2D eigenvalue weighted by Gasteiger charge is 2.17. The van der Waals surface area contributed by atoms with Crippen LogP contribution in [0.4, 0.5) is 0 Å². The molecule has 1 fully saturated rings. The smallest absolute Gasteiger partial charge is 0.161 e. The van der Waals surface area contributed by atoms with Crippen LogP contribution in [0.1, 0.15) is 24.4 Å². The van der Waals surface area contributed by atoms with Crippen molar-refractivity contribution >= 4 is 12.4 Å². The van der Waals surface area contributed by atoms with Gasteiger partial charge < -0.3 is 14.8 Å². The molecule has 0 radical (unpaired) electrons. The summed E-state index contributed by atoms with van der Waals surface area (Å²) in [5.74, 6) is 1.60. The molecular formula is C12H18ClNO2. The van der Waals surface area contributed by atoms with Gasteiger partial charge in [-0.2, -0.15) is 0 Å². The van der Waals surface area contributed by atoms with E-state index in [1.807, 2.05) is 6.07 Å². The Bertz CT molecular complexity index is 338. The largest absolute Gasteiger partial charge is 0.493 e. The fourth-order valence-electron chi connectivity index (χ4n) is 2.04. The average Bonchev–Trinajstić information content (AvgIpc) is 2.81. The van der Waals surface area contributed by atoms with E-state index in [1.54, 1.807) is 14.2 Å². The predicted octanol–water partition coefficient (Wildman–Crippen LogP) is 2.55. The number of nitrogens with one attached hydrogen (secondary N) is 1. The van der Waals surface area contributed by atoms with Gasteiger partial charge in [0.05, 0.1) is 14.2 Å². The zero-order valence-electron chi connectivity index (χ0n) is 9.66. The first-order valence-electron chi connectivity index (χ1n) is 5.30. The van der Waals surface area contributed by atoms with E-state index in [-0.39, 0.29) is 12.4 Å². The van der Waals surface area contributed by atoms with Gasteiger partial charge in [0.1, 0.15) is 0 Å². The maximum Gasteiger partial charge on any atom is 0.161 e. The number of methoxy groups -OCH3 is 2. The quantitative estimate of drug-likeness (QED) is 0.885. The van der Waals surface area contributed by atoms with Crippen molar-refractivity contribution in [1.82, 2.24) is 5.32 Å². The highest BCUT2D eigenvalue weighted by molar-refractivity contribution is 5.85. The molecule has 1 atom stereocenters. The van der Waals surface area contributed by atoms with E-state index in [4.69, 9.17) is 9.47 Å². The minimum absolute atomic E-state index is 0. The van der Waals surface area contributed by atoms with Gasteiger partial charge in [-0.05, 0) is 37.1 Å². The molecule has 1 aromatic rings. The summed E-state index contributed by atoms with van der Waals surface area (Å²) in [5, 5.41) is 3.47. The molecule has 1 N–H and O–H groups in total. The van der Waals surface area contributed by atoms with Gasteiger partial charge in [-0.1, -0.05) is 6.07 Å². The second-order valence-corrected chi connectivity index (χ2v) is 3.76. The predicted molar refractivity (Wildman–Crippen MR) is 66.8 cm³/mol. The molecule has 1 aromatic carbocycles. The molecule has 0 spiro atoms. The van der Waals surface area contributed by atoms with Gasteiger partial charge in [0, 0.05) is 6.04 Å². The first-order chi connectivity index (χ1) is 7.35. The molecule has 4 heteroatoms. The number of hydrogen-bond acceptors (Lipinski definition) is 3. The van der Waals surface area contributed by atoms with Gasteiger partial charge in [0.2, 0.25) is 0 Å². The van der Waals surface area contributed by atoms with Crippen molar-refractivity contribution in [3.8, 4) is 11.5 Å². The third kappa shape index (κ3) is 2.60. The van der Waals surface area contributed by atoms with Crippen LogP contribution in [0, 0.1) is 0 Å². The molecule has 2 rings (SSSR count). The van der Waals surface area contributed by atoms with E-state index in [0.717, 1.165) is 18.0 Å². The molecule has 1 heterocycles. The highest BCUT2D eigenvalue weighted by Crippen LogP contribution is 2.32. The van der Waals surface area contributed by atoms with Crippen molar-refractivity contribution in [2.24, 2.45) is 0 Å². The molecule has 16 heavy (non-hydrogen) atoms. The van der Waals surface area contributed by atoms with Crippen molar-refractivity contribution < 1.29 is 9.47 Å². The summed E-state index contributed by atoms with van der Waals surface area (Å²) in [6.45, 7) is 1.11. The second kappa shape index (κ2) is 5.97. The fraction of sp³-hybridized carbons (Fsp3) is 0.500. The molecular weight excluding hydrogens is 226 g/mol. The Balaban J connectivity index is 0.00000128. The van der Waals surface area contributed by atoms with Crippen LogP contribution in [-0.2, 0) is 0 Å². The topological polar surface area (TPSA) is 30.5 Å². The molecule has 0 saturated carbocycles. The van der Waals surface area contributed by atoms with Crippen molar-refractivity contribution in [3.05, 3.63) is 23.8 Å². The Kier molecular flexibility index (Phi) is 4.90. The maximum atomic E-state index is 5.28. The van der Waals surface area contributed by atoms with Gasteiger partial charge in [-0.25, -0.2) is 0 Å². The SMILES string of the molecule is COc1ccc([C@H]2CCCN2)cc1OC.Cl. The van der Waals surface area contributed by atoms with Crippen molar-refractivity contribution in [3.63, 3.8) is 0 Å². The van der Waals surface area contributed by atoms with Crippen LogP contribution in [0.2, 0.25) is 0 Å². The molecule has 3 nitrogen and oxygen atoms in total. The van der Waals surface area contributed by atoms with E-state index in [0.29, 0.717) is 6.04 Å². The van der Waals surface area contributed by atoms with Crippen molar-refractivity contribution in [2.45, 2.75) is 18.9 Å². The summed E-state index contributed by atoms with van der Waals surface area (Å²) in [4.78, 5) is 0. The Morgan fingerprint density at radius 2 is 1.94 bits per heavy atom. The first kappa shape index (κ1) is 13.1. The summed E-state index contributed by atoms with van der Waals surface area (Å²) >= 11 is 0. The summed E-state index contributed by atoms with van der Waals surface area (Å²) in [6.07, 6.45) is 2.45. The number of ether oxygens (including phenoxy) is 2. The fourth-order valence-corrected chi connectivity index (χ4v) is 2.04. The van der Waals surface area contributed by atoms with Crippen LogP contribution in [0.5, 0.6) is 11.5 Å². The molecule has 0 unspecified atom stereocenters. The molecule has 0 aliphatic carbocycles. The van der Waals surface area contributed by atoms with Gasteiger partial charge in [0.15, 0.2) is 11.5 Å². The molecule has 1 aliphatic heterocycles. The van der Waals surface area contributed by atoms with Crippen LogP contribution in [0.15, 0.2) is 18.2 Å². The Hall–Kier alpha value is -0.930. The van der Waals surface area contributed by atoms with Gasteiger partial charge >= 0.3 is 0 Å². The Morgan fingerprint density at radius 3 is 2.50 bits per heavy atom. The summed E-state index contributed by atoms with van der Waals surface area (Å²) in [5.41, 5.74) is 1.28. The highest BCUT2D eigenvalue weighted by atomic mass is 35.5. The van der Waals surface area contributed by atoms with Crippen molar-refractivity contribution in [2.75, 3.05) is 20.8 Å². The standard InChI is InChI=1S/C12H17NO2.ClH/c1-14-11-6-5-9(8-12(11)15-2)10-4-3-7-13-10;/h5-6,8,10,13H,3-4,7H2,1-2H3;1H/t10-;/m1./s1. The van der Waals surface area contributed by atoms with E-state index in [1.165, 1.54) is 18.4 Å². The van der Waals surface area contributed by atoms with E-state index in [2.05, 4.69) is 17.4 Å². The zero-order chi connectivity index (χ0) is 10.7. The number of halogens is 1. The third-order valence-electron chi connectivity index (χ3n) is 2.87. The van der Waals surface area contributed by atoms with Crippen LogP contribution in [0.3, 0.4) is 0 Å². The van der Waals surface area contributed by atoms with Crippen LogP contribution >= 0.6 is 12.4 Å². The van der Waals surface area contributed by atoms with Crippen LogP contribution in [-0.4, -0.2) is 20.8 Å². The Morgan fingerprint density at radius 1 is 1.19 bits per heavy atom. The normalized spacial score (nSPS) is 19.0. The summed E-state index contributed by atoms with van der Waals surface area (Å²) < 4.78 is 10.5. The van der Waals surface area contributed by atoms with Crippen LogP contribution < -0.4 is 14.8 Å². The molecule has 90 valence electrons. The lowest BCUT2D eigenvalue weighted by atomic mass is 10.0. The van der Waals surface area contributed by atoms with Gasteiger partial charge in [-0.3, -0.25) is 0 Å². The van der Waals surface area contributed by atoms with Crippen molar-refractivity contribution in [1.29, 1.82) is 0 Å². The van der Waals surface area contributed by atoms with Crippen LogP contribution in [0.25, 0.3) is 0 Å². The lowest BCUT2D eigenvalue weighted by molar-refractivity contribution is 0.354. The summed E-state index contributed by atoms with van der Waals surface area (Å²) in [6, 6.07) is 6.60. The number of benzene rings is 1. The van der Waals surface area contributed by atoms with E-state index >= 15 is 0 Å². The van der Waals surface area contributed by atoms with E-state index < -0.39 is 0 Å². The average molecular weight is 244 g/mol. The molecule has 0 amide bonds. The van der Waals surface area contributed by atoms with Gasteiger partial charge in [-0.15, -0.1) is 12.4 Å². The lowest BCUT2D eigenvalue weighted by Gasteiger charge is -2.14. The van der Waals surface area contributed by atoms with Gasteiger partial charge in [0.25, 0.3) is 0 Å². The summed E-state index contributed by atoms with van der Waals surface area (Å²) in [7, 11) is 3.33. The third-order valence-corrected chi connectivity index (χ3v) is 2.87. The zero-order valence-corrected chi connectivity index (χ0v) is 10.5. The molecule has 1 saturated heterocycles. The molecule has 0 bridgehead atoms. The molecule has 1 aliphatic rings. The van der Waals surface area contributed by atoms with E-state index in [9.17, 15) is 0 Å². The monoisotopic (exact) mass is 243 g/mol. The minimum Gasteiger partial charge on any atom is -0.493 e.